The molecule has 1 saturated heterocycles. The predicted molar refractivity (Wildman–Crippen MR) is 89.3 cm³/mol. The summed E-state index contributed by atoms with van der Waals surface area (Å²) in [6, 6.07) is 3.17. The maximum atomic E-state index is 12.9. The summed E-state index contributed by atoms with van der Waals surface area (Å²) < 4.78 is 4.66. The van der Waals surface area contributed by atoms with Crippen LogP contribution in [0.5, 0.6) is 0 Å². The van der Waals surface area contributed by atoms with Gasteiger partial charge in [0.2, 0.25) is 0 Å². The molecular weight excluding hydrogens is 320 g/mol. The zero-order valence-corrected chi connectivity index (χ0v) is 14.1. The summed E-state index contributed by atoms with van der Waals surface area (Å²) >= 11 is 0. The Labute approximate surface area is 145 Å². The molecule has 1 atom stereocenters. The van der Waals surface area contributed by atoms with Gasteiger partial charge in [-0.05, 0) is 43.4 Å². The van der Waals surface area contributed by atoms with Crippen molar-refractivity contribution >= 4 is 11.9 Å². The molecule has 1 amide bonds. The van der Waals surface area contributed by atoms with E-state index in [1.165, 1.54) is 24.6 Å². The second-order valence-corrected chi connectivity index (χ2v) is 6.80. The Morgan fingerprint density at radius 1 is 1.28 bits per heavy atom. The lowest BCUT2D eigenvalue weighted by atomic mass is 9.77. The first-order valence-corrected chi connectivity index (χ1v) is 8.49. The lowest BCUT2D eigenvalue weighted by molar-refractivity contribution is 0.0594. The smallest absolute Gasteiger partial charge is 0.339 e. The standard InChI is InChI=1S/C18H20N4O3/c1-25-17(24)13-3-4-14(19-9-13)16(23)22-8-2-6-18(11-22)7-5-12-10-20-21-15(12)18/h3-4,9-10H,2,5-8,11H2,1H3,(H,20,21). The van der Waals surface area contributed by atoms with Crippen LogP contribution in [0.25, 0.3) is 0 Å². The van der Waals surface area contributed by atoms with Gasteiger partial charge in [-0.2, -0.15) is 5.10 Å². The van der Waals surface area contributed by atoms with Crippen LogP contribution in [0.15, 0.2) is 24.5 Å². The van der Waals surface area contributed by atoms with E-state index in [1.54, 1.807) is 12.1 Å². The average molecular weight is 340 g/mol. The van der Waals surface area contributed by atoms with E-state index in [9.17, 15) is 9.59 Å². The number of hydrogen-bond acceptors (Lipinski definition) is 5. The fraction of sp³-hybridized carbons (Fsp3) is 0.444. The maximum absolute atomic E-state index is 12.9. The highest BCUT2D eigenvalue weighted by Crippen LogP contribution is 2.43. The molecule has 1 unspecified atom stereocenters. The van der Waals surface area contributed by atoms with Crippen LogP contribution in [-0.4, -0.2) is 52.2 Å². The van der Waals surface area contributed by atoms with Crippen molar-refractivity contribution < 1.29 is 14.3 Å². The number of ether oxygens (including phenoxy) is 1. The lowest BCUT2D eigenvalue weighted by Gasteiger charge is -2.40. The van der Waals surface area contributed by atoms with Gasteiger partial charge in [0.15, 0.2) is 0 Å². The zero-order chi connectivity index (χ0) is 17.4. The van der Waals surface area contributed by atoms with Crippen molar-refractivity contribution in [2.75, 3.05) is 20.2 Å². The third-order valence-corrected chi connectivity index (χ3v) is 5.39. The molecule has 4 rings (SSSR count). The topological polar surface area (TPSA) is 88.2 Å². The summed E-state index contributed by atoms with van der Waals surface area (Å²) in [6.45, 7) is 1.41. The molecule has 0 aromatic carbocycles. The van der Waals surface area contributed by atoms with Crippen molar-refractivity contribution in [3.8, 4) is 0 Å². The quantitative estimate of drug-likeness (QED) is 0.841. The third-order valence-electron chi connectivity index (χ3n) is 5.39. The van der Waals surface area contributed by atoms with Crippen LogP contribution in [0.3, 0.4) is 0 Å². The molecule has 7 nitrogen and oxygen atoms in total. The number of rotatable bonds is 2. The number of piperidine rings is 1. The summed E-state index contributed by atoms with van der Waals surface area (Å²) in [4.78, 5) is 30.4. The maximum Gasteiger partial charge on any atom is 0.339 e. The fourth-order valence-electron chi connectivity index (χ4n) is 4.09. The number of carbonyl (C=O) groups excluding carboxylic acids is 2. The van der Waals surface area contributed by atoms with Gasteiger partial charge < -0.3 is 9.64 Å². The minimum Gasteiger partial charge on any atom is -0.465 e. The normalized spacial score (nSPS) is 22.0. The number of H-pyrrole nitrogens is 1. The number of fused-ring (bicyclic) bond motifs is 2. The van der Waals surface area contributed by atoms with Crippen LogP contribution in [0, 0.1) is 0 Å². The minimum atomic E-state index is -0.457. The number of esters is 1. The Balaban J connectivity index is 1.54. The number of carbonyl (C=O) groups is 2. The number of hydrogen-bond donors (Lipinski definition) is 1. The first-order chi connectivity index (χ1) is 12.1. The van der Waals surface area contributed by atoms with Crippen molar-refractivity contribution in [2.45, 2.75) is 31.1 Å². The molecule has 1 fully saturated rings. The van der Waals surface area contributed by atoms with Crippen molar-refractivity contribution in [1.82, 2.24) is 20.1 Å². The van der Waals surface area contributed by atoms with Crippen molar-refractivity contribution in [2.24, 2.45) is 0 Å². The van der Waals surface area contributed by atoms with Gasteiger partial charge in [-0.25, -0.2) is 4.79 Å². The van der Waals surface area contributed by atoms with Gasteiger partial charge >= 0.3 is 5.97 Å². The second-order valence-electron chi connectivity index (χ2n) is 6.80. The Morgan fingerprint density at radius 2 is 2.16 bits per heavy atom. The van der Waals surface area contributed by atoms with E-state index in [2.05, 4.69) is 19.9 Å². The molecule has 1 N–H and O–H groups in total. The SMILES string of the molecule is COC(=O)c1ccc(C(=O)N2CCCC3(CCc4cn[nH]c43)C2)nc1. The van der Waals surface area contributed by atoms with Crippen LogP contribution in [-0.2, 0) is 16.6 Å². The molecule has 0 bridgehead atoms. The summed E-state index contributed by atoms with van der Waals surface area (Å²) in [7, 11) is 1.32. The molecule has 1 aliphatic heterocycles. The molecule has 3 heterocycles. The average Bonchev–Trinajstić information content (AvgIpc) is 3.26. The predicted octanol–water partition coefficient (Wildman–Crippen LogP) is 1.71. The van der Waals surface area contributed by atoms with E-state index < -0.39 is 5.97 Å². The van der Waals surface area contributed by atoms with Gasteiger partial charge in [-0.3, -0.25) is 14.9 Å². The third kappa shape index (κ3) is 2.59. The highest BCUT2D eigenvalue weighted by molar-refractivity contribution is 5.94. The van der Waals surface area contributed by atoms with Gasteiger partial charge in [0.1, 0.15) is 5.69 Å². The minimum absolute atomic E-state index is 0.00823. The molecule has 0 saturated carbocycles. The summed E-state index contributed by atoms with van der Waals surface area (Å²) in [5, 5.41) is 7.32. The van der Waals surface area contributed by atoms with Crippen LogP contribution >= 0.6 is 0 Å². The molecule has 25 heavy (non-hydrogen) atoms. The van der Waals surface area contributed by atoms with E-state index in [4.69, 9.17) is 0 Å². The van der Waals surface area contributed by atoms with E-state index in [0.29, 0.717) is 17.8 Å². The summed E-state index contributed by atoms with van der Waals surface area (Å²) in [5.41, 5.74) is 3.15. The zero-order valence-electron chi connectivity index (χ0n) is 14.1. The number of nitrogens with zero attached hydrogens (tertiary/aromatic N) is 3. The van der Waals surface area contributed by atoms with Crippen molar-refractivity contribution in [1.29, 1.82) is 0 Å². The lowest BCUT2D eigenvalue weighted by Crippen LogP contribution is -2.48. The Hall–Kier alpha value is -2.70. The van der Waals surface area contributed by atoms with Crippen molar-refractivity contribution in [3.63, 3.8) is 0 Å². The van der Waals surface area contributed by atoms with Crippen LogP contribution in [0.2, 0.25) is 0 Å². The molecule has 1 aliphatic carbocycles. The van der Waals surface area contributed by atoms with E-state index in [1.807, 2.05) is 11.1 Å². The number of pyridine rings is 1. The Bertz CT molecular complexity index is 814. The van der Waals surface area contributed by atoms with Gasteiger partial charge in [0.05, 0.1) is 18.9 Å². The molecule has 2 aliphatic rings. The van der Waals surface area contributed by atoms with Gasteiger partial charge in [-0.1, -0.05) is 0 Å². The summed E-state index contributed by atoms with van der Waals surface area (Å²) in [6.07, 6.45) is 7.39. The van der Waals surface area contributed by atoms with E-state index in [0.717, 1.165) is 32.2 Å². The molecule has 2 aromatic heterocycles. The number of aromatic nitrogens is 3. The van der Waals surface area contributed by atoms with E-state index in [-0.39, 0.29) is 11.3 Å². The monoisotopic (exact) mass is 340 g/mol. The van der Waals surface area contributed by atoms with Crippen LogP contribution in [0.4, 0.5) is 0 Å². The number of aromatic amines is 1. The van der Waals surface area contributed by atoms with Crippen LogP contribution < -0.4 is 0 Å². The highest BCUT2D eigenvalue weighted by Gasteiger charge is 2.44. The molecular formula is C18H20N4O3. The van der Waals surface area contributed by atoms with Crippen LogP contribution in [0.1, 0.15) is 51.4 Å². The molecule has 130 valence electrons. The number of methoxy groups -OCH3 is 1. The number of likely N-dealkylation sites (tertiary alicyclic amines) is 1. The first kappa shape index (κ1) is 15.8. The first-order valence-electron chi connectivity index (χ1n) is 8.49. The van der Waals surface area contributed by atoms with Crippen molar-refractivity contribution in [3.05, 3.63) is 47.0 Å². The number of aryl methyl sites for hydroxylation is 1. The Kier molecular flexibility index (Phi) is 3.78. The molecule has 2 aromatic rings. The molecule has 0 radical (unpaired) electrons. The van der Waals surface area contributed by atoms with Gasteiger partial charge in [0.25, 0.3) is 5.91 Å². The highest BCUT2D eigenvalue weighted by atomic mass is 16.5. The van der Waals surface area contributed by atoms with Gasteiger partial charge in [0, 0.05) is 30.4 Å². The number of amides is 1. The Morgan fingerprint density at radius 3 is 2.92 bits per heavy atom. The second kappa shape index (κ2) is 5.98. The van der Waals surface area contributed by atoms with Gasteiger partial charge in [-0.15, -0.1) is 0 Å². The largest absolute Gasteiger partial charge is 0.465 e. The fourth-order valence-corrected chi connectivity index (χ4v) is 4.09. The number of nitrogens with one attached hydrogen (secondary N) is 1. The molecule has 7 heteroatoms. The molecule has 1 spiro atoms. The van der Waals surface area contributed by atoms with E-state index >= 15 is 0 Å². The summed E-state index contributed by atoms with van der Waals surface area (Å²) in [5.74, 6) is -0.551.